The van der Waals surface area contributed by atoms with Gasteiger partial charge in [0.15, 0.2) is 0 Å². The second-order valence-corrected chi connectivity index (χ2v) is 4.72. The Hall–Kier alpha value is -2.56. The van der Waals surface area contributed by atoms with Crippen molar-refractivity contribution in [3.63, 3.8) is 0 Å². The lowest BCUT2D eigenvalue weighted by atomic mass is 10.1. The lowest BCUT2D eigenvalue weighted by Gasteiger charge is -2.09. The maximum Gasteiger partial charge on any atom is 0.314 e. The summed E-state index contributed by atoms with van der Waals surface area (Å²) in [4.78, 5) is 11.6. The van der Waals surface area contributed by atoms with Crippen molar-refractivity contribution >= 4 is 6.03 Å². The average molecular weight is 302 g/mol. The maximum absolute atomic E-state index is 12.9. The number of halogens is 1. The molecule has 0 unspecified atom stereocenters. The Bertz CT molecular complexity index is 590. The molecule has 2 amide bonds. The van der Waals surface area contributed by atoms with E-state index >= 15 is 0 Å². The van der Waals surface area contributed by atoms with Crippen molar-refractivity contribution in [1.29, 1.82) is 0 Å². The van der Waals surface area contributed by atoms with Crippen LogP contribution in [0.15, 0.2) is 54.6 Å². The summed E-state index contributed by atoms with van der Waals surface area (Å²) in [6.45, 7) is 1.21. The number of ether oxygens (including phenoxy) is 1. The molecule has 0 radical (unpaired) electrons. The van der Waals surface area contributed by atoms with E-state index in [0.717, 1.165) is 6.42 Å². The zero-order chi connectivity index (χ0) is 15.6. The Balaban J connectivity index is 1.56. The van der Waals surface area contributed by atoms with Gasteiger partial charge in [-0.2, -0.15) is 0 Å². The molecule has 0 heterocycles. The number of benzene rings is 2. The number of carbonyl (C=O) groups excluding carboxylic acids is 1. The summed E-state index contributed by atoms with van der Waals surface area (Å²) < 4.78 is 18.3. The molecule has 5 heteroatoms. The van der Waals surface area contributed by atoms with Gasteiger partial charge in [0.1, 0.15) is 18.2 Å². The van der Waals surface area contributed by atoms with E-state index in [4.69, 9.17) is 4.74 Å². The summed E-state index contributed by atoms with van der Waals surface area (Å²) in [6, 6.07) is 15.6. The van der Waals surface area contributed by atoms with Crippen molar-refractivity contribution < 1.29 is 13.9 Å². The fraction of sp³-hybridized carbons (Fsp3) is 0.235. The predicted octanol–water partition coefficient (Wildman–Crippen LogP) is 2.75. The van der Waals surface area contributed by atoms with Gasteiger partial charge in [-0.05, 0) is 24.1 Å². The summed E-state index contributed by atoms with van der Waals surface area (Å²) in [5.74, 6) is 0.107. The van der Waals surface area contributed by atoms with E-state index in [1.54, 1.807) is 12.1 Å². The Morgan fingerprint density at radius 1 is 1.00 bits per heavy atom. The van der Waals surface area contributed by atoms with Crippen LogP contribution in [0.1, 0.15) is 5.56 Å². The maximum atomic E-state index is 12.9. The Morgan fingerprint density at radius 3 is 2.55 bits per heavy atom. The minimum absolute atomic E-state index is 0.237. The van der Waals surface area contributed by atoms with Crippen molar-refractivity contribution in [2.24, 2.45) is 0 Å². The molecule has 0 spiro atoms. The molecule has 2 N–H and O–H groups in total. The predicted molar refractivity (Wildman–Crippen MR) is 83.4 cm³/mol. The lowest BCUT2D eigenvalue weighted by Crippen LogP contribution is -2.38. The molecule has 0 aliphatic rings. The van der Waals surface area contributed by atoms with Gasteiger partial charge < -0.3 is 15.4 Å². The van der Waals surface area contributed by atoms with Gasteiger partial charge in [-0.1, -0.05) is 36.4 Å². The van der Waals surface area contributed by atoms with Crippen molar-refractivity contribution in [2.45, 2.75) is 6.42 Å². The van der Waals surface area contributed by atoms with Gasteiger partial charge in [0.25, 0.3) is 0 Å². The van der Waals surface area contributed by atoms with Crippen LogP contribution in [0.5, 0.6) is 5.75 Å². The fourth-order valence-corrected chi connectivity index (χ4v) is 1.92. The molecule has 0 fully saturated rings. The standard InChI is InChI=1S/C17H19FN2O2/c18-15-7-4-8-16(13-15)22-12-11-20-17(21)19-10-9-14-5-2-1-3-6-14/h1-8,13H,9-12H2,(H2,19,20,21). The highest BCUT2D eigenvalue weighted by Gasteiger charge is 2.00. The van der Waals surface area contributed by atoms with Crippen LogP contribution >= 0.6 is 0 Å². The van der Waals surface area contributed by atoms with Crippen LogP contribution < -0.4 is 15.4 Å². The summed E-state index contributed by atoms with van der Waals surface area (Å²) in [7, 11) is 0. The molecular weight excluding hydrogens is 283 g/mol. The number of nitrogens with one attached hydrogen (secondary N) is 2. The molecule has 0 saturated heterocycles. The topological polar surface area (TPSA) is 50.4 Å². The Morgan fingerprint density at radius 2 is 1.77 bits per heavy atom. The van der Waals surface area contributed by atoms with E-state index in [1.165, 1.54) is 17.7 Å². The van der Waals surface area contributed by atoms with Crippen molar-refractivity contribution in [3.05, 3.63) is 66.0 Å². The van der Waals surface area contributed by atoms with Crippen molar-refractivity contribution in [2.75, 3.05) is 19.7 Å². The molecule has 2 aromatic rings. The third-order valence-electron chi connectivity index (χ3n) is 2.99. The van der Waals surface area contributed by atoms with Gasteiger partial charge in [0.05, 0.1) is 6.54 Å². The summed E-state index contributed by atoms with van der Waals surface area (Å²) >= 11 is 0. The van der Waals surface area contributed by atoms with Gasteiger partial charge in [-0.25, -0.2) is 9.18 Å². The summed E-state index contributed by atoms with van der Waals surface area (Å²) in [5.41, 5.74) is 1.18. The zero-order valence-electron chi connectivity index (χ0n) is 12.2. The van der Waals surface area contributed by atoms with E-state index < -0.39 is 0 Å². The quantitative estimate of drug-likeness (QED) is 0.773. The molecule has 0 saturated carbocycles. The first-order valence-corrected chi connectivity index (χ1v) is 7.18. The number of rotatable bonds is 7. The van der Waals surface area contributed by atoms with Crippen LogP contribution in [0.3, 0.4) is 0 Å². The first kappa shape index (κ1) is 15.8. The molecule has 0 atom stereocenters. The van der Waals surface area contributed by atoms with Crippen LogP contribution in [0.4, 0.5) is 9.18 Å². The molecule has 0 aliphatic heterocycles. The highest BCUT2D eigenvalue weighted by atomic mass is 19.1. The monoisotopic (exact) mass is 302 g/mol. The smallest absolute Gasteiger partial charge is 0.314 e. The number of amides is 2. The number of hydrogen-bond acceptors (Lipinski definition) is 2. The minimum Gasteiger partial charge on any atom is -0.492 e. The molecule has 4 nitrogen and oxygen atoms in total. The van der Waals surface area contributed by atoms with Crippen LogP contribution in [0, 0.1) is 5.82 Å². The fourth-order valence-electron chi connectivity index (χ4n) is 1.92. The van der Waals surface area contributed by atoms with E-state index in [-0.39, 0.29) is 18.5 Å². The molecule has 22 heavy (non-hydrogen) atoms. The van der Waals surface area contributed by atoms with Gasteiger partial charge in [-0.3, -0.25) is 0 Å². The largest absolute Gasteiger partial charge is 0.492 e. The molecule has 0 aromatic heterocycles. The SMILES string of the molecule is O=C(NCCOc1cccc(F)c1)NCCc1ccccc1. The molecule has 0 aliphatic carbocycles. The third-order valence-corrected chi connectivity index (χ3v) is 2.99. The number of urea groups is 1. The van der Waals surface area contributed by atoms with Crippen molar-refractivity contribution in [1.82, 2.24) is 10.6 Å². The minimum atomic E-state index is -0.343. The highest BCUT2D eigenvalue weighted by molar-refractivity contribution is 5.73. The van der Waals surface area contributed by atoms with E-state index in [1.807, 2.05) is 30.3 Å². The molecule has 0 bridgehead atoms. The molecular formula is C17H19FN2O2. The van der Waals surface area contributed by atoms with Crippen LogP contribution in [-0.2, 0) is 6.42 Å². The Labute approximate surface area is 129 Å². The normalized spacial score (nSPS) is 10.0. The van der Waals surface area contributed by atoms with E-state index in [0.29, 0.717) is 18.8 Å². The molecule has 116 valence electrons. The summed E-state index contributed by atoms with van der Waals surface area (Å²) in [5, 5.41) is 5.46. The first-order valence-electron chi connectivity index (χ1n) is 7.18. The van der Waals surface area contributed by atoms with E-state index in [9.17, 15) is 9.18 Å². The third kappa shape index (κ3) is 5.83. The van der Waals surface area contributed by atoms with E-state index in [2.05, 4.69) is 10.6 Å². The lowest BCUT2D eigenvalue weighted by molar-refractivity contribution is 0.236. The second-order valence-electron chi connectivity index (χ2n) is 4.72. The number of hydrogen-bond donors (Lipinski definition) is 2. The molecule has 2 rings (SSSR count). The van der Waals surface area contributed by atoms with Crippen LogP contribution in [-0.4, -0.2) is 25.7 Å². The number of carbonyl (C=O) groups is 1. The van der Waals surface area contributed by atoms with Crippen LogP contribution in [0.25, 0.3) is 0 Å². The van der Waals surface area contributed by atoms with Crippen LogP contribution in [0.2, 0.25) is 0 Å². The average Bonchev–Trinajstić information content (AvgIpc) is 2.53. The van der Waals surface area contributed by atoms with Gasteiger partial charge >= 0.3 is 6.03 Å². The second kappa shape index (κ2) is 8.67. The highest BCUT2D eigenvalue weighted by Crippen LogP contribution is 2.11. The van der Waals surface area contributed by atoms with Gasteiger partial charge in [0, 0.05) is 12.6 Å². The van der Waals surface area contributed by atoms with Crippen molar-refractivity contribution in [3.8, 4) is 5.75 Å². The molecule has 2 aromatic carbocycles. The summed E-state index contributed by atoms with van der Waals surface area (Å²) in [6.07, 6.45) is 0.786. The Kier molecular flexibility index (Phi) is 6.23. The van der Waals surface area contributed by atoms with Gasteiger partial charge in [-0.15, -0.1) is 0 Å². The zero-order valence-corrected chi connectivity index (χ0v) is 12.2. The first-order chi connectivity index (χ1) is 10.7. The van der Waals surface area contributed by atoms with Gasteiger partial charge in [0.2, 0.25) is 0 Å².